The summed E-state index contributed by atoms with van der Waals surface area (Å²) < 4.78 is 5.11. The van der Waals surface area contributed by atoms with Crippen molar-refractivity contribution in [3.05, 3.63) is 168 Å². The molecule has 0 unspecified atom stereocenters. The van der Waals surface area contributed by atoms with Crippen molar-refractivity contribution in [3.8, 4) is 27.9 Å². The van der Waals surface area contributed by atoms with E-state index in [-0.39, 0.29) is 6.85 Å². The molecule has 13 rings (SSSR count). The van der Waals surface area contributed by atoms with Crippen molar-refractivity contribution >= 4 is 89.0 Å². The van der Waals surface area contributed by atoms with Gasteiger partial charge in [0.2, 0.25) is 0 Å². The van der Waals surface area contributed by atoms with Gasteiger partial charge in [0.15, 0.2) is 0 Å². The van der Waals surface area contributed by atoms with Crippen LogP contribution in [0.2, 0.25) is 0 Å². The third-order valence-corrected chi connectivity index (χ3v) is 13.0. The number of aryl methyl sites for hydroxylation is 3. The lowest BCUT2D eigenvalue weighted by Crippen LogP contribution is -2.60. The number of benzene rings is 8. The third kappa shape index (κ3) is 3.58. The molecule has 0 radical (unpaired) electrons. The first-order chi connectivity index (χ1) is 27.1. The summed E-state index contributed by atoms with van der Waals surface area (Å²) in [5, 5.41) is 7.81. The van der Waals surface area contributed by atoms with Crippen LogP contribution < -0.4 is 15.7 Å². The van der Waals surface area contributed by atoms with Crippen molar-refractivity contribution in [3.63, 3.8) is 0 Å². The molecule has 11 aromatic rings. The molecular weight excluding hydrogens is 665 g/mol. The van der Waals surface area contributed by atoms with E-state index in [1.807, 2.05) is 0 Å². The first-order valence-corrected chi connectivity index (χ1v) is 19.4. The van der Waals surface area contributed by atoms with Crippen LogP contribution in [0.4, 0.5) is 11.4 Å². The van der Waals surface area contributed by atoms with Gasteiger partial charge in [0.1, 0.15) is 0 Å². The minimum Gasteiger partial charge on any atom is -0.376 e. The molecule has 2 aliphatic heterocycles. The monoisotopic (exact) mass is 699 g/mol. The molecule has 0 atom stereocenters. The molecule has 0 N–H and O–H groups in total. The largest absolute Gasteiger partial charge is 0.376 e. The van der Waals surface area contributed by atoms with Crippen LogP contribution in [-0.4, -0.2) is 15.8 Å². The molecule has 8 aromatic carbocycles. The predicted molar refractivity (Wildman–Crippen MR) is 234 cm³/mol. The van der Waals surface area contributed by atoms with Crippen LogP contribution in [0.1, 0.15) is 16.7 Å². The second-order valence-electron chi connectivity index (χ2n) is 15.8. The molecule has 0 bridgehead atoms. The van der Waals surface area contributed by atoms with Crippen molar-refractivity contribution in [2.75, 3.05) is 4.81 Å². The van der Waals surface area contributed by atoms with Crippen molar-refractivity contribution < 1.29 is 0 Å². The topological polar surface area (TPSA) is 12.6 Å². The molecule has 55 heavy (non-hydrogen) atoms. The summed E-state index contributed by atoms with van der Waals surface area (Å²) >= 11 is 0. The number of para-hydroxylation sites is 5. The average Bonchev–Trinajstić information content (AvgIpc) is 3.85. The highest BCUT2D eigenvalue weighted by Gasteiger charge is 2.44. The molecule has 0 saturated carbocycles. The molecule has 3 nitrogen and oxygen atoms in total. The van der Waals surface area contributed by atoms with Gasteiger partial charge in [0, 0.05) is 54.9 Å². The van der Waals surface area contributed by atoms with E-state index in [4.69, 9.17) is 0 Å². The number of hydrogen-bond acceptors (Lipinski definition) is 1. The van der Waals surface area contributed by atoms with Crippen molar-refractivity contribution in [2.45, 2.75) is 20.8 Å². The average molecular weight is 700 g/mol. The highest BCUT2D eigenvalue weighted by atomic mass is 15.1. The molecule has 0 spiro atoms. The lowest BCUT2D eigenvalue weighted by molar-refractivity contribution is 1.18. The van der Waals surface area contributed by atoms with Gasteiger partial charge in [-0.3, -0.25) is 0 Å². The smallest absolute Gasteiger partial charge is 0.333 e. The van der Waals surface area contributed by atoms with Crippen molar-refractivity contribution in [1.29, 1.82) is 0 Å². The Kier molecular flexibility index (Phi) is 5.53. The van der Waals surface area contributed by atoms with E-state index >= 15 is 0 Å². The van der Waals surface area contributed by atoms with Gasteiger partial charge < -0.3 is 13.8 Å². The van der Waals surface area contributed by atoms with Gasteiger partial charge in [0.25, 0.3) is 0 Å². The van der Waals surface area contributed by atoms with Gasteiger partial charge in [0.05, 0.1) is 27.6 Å². The first kappa shape index (κ1) is 29.7. The summed E-state index contributed by atoms with van der Waals surface area (Å²) in [5.74, 6) is 0. The maximum absolute atomic E-state index is 2.68. The van der Waals surface area contributed by atoms with E-state index in [9.17, 15) is 0 Å². The quantitative estimate of drug-likeness (QED) is 0.164. The van der Waals surface area contributed by atoms with Crippen molar-refractivity contribution in [2.24, 2.45) is 0 Å². The van der Waals surface area contributed by atoms with E-state index in [0.29, 0.717) is 0 Å². The molecular formula is C51H34BN3. The van der Waals surface area contributed by atoms with Crippen LogP contribution >= 0.6 is 0 Å². The molecule has 0 fully saturated rings. The van der Waals surface area contributed by atoms with Gasteiger partial charge in [-0.25, -0.2) is 0 Å². The van der Waals surface area contributed by atoms with Gasteiger partial charge in [-0.15, -0.1) is 0 Å². The van der Waals surface area contributed by atoms with Crippen LogP contribution in [0.15, 0.2) is 152 Å². The lowest BCUT2D eigenvalue weighted by atomic mass is 9.43. The Morgan fingerprint density at radius 1 is 0.418 bits per heavy atom. The Morgan fingerprint density at radius 3 is 1.84 bits per heavy atom. The fraction of sp³-hybridized carbons (Fsp3) is 0.0588. The molecule has 3 aromatic heterocycles. The molecule has 0 amide bonds. The van der Waals surface area contributed by atoms with Crippen LogP contribution in [-0.2, 0) is 0 Å². The number of anilines is 2. The number of hydrogen-bond donors (Lipinski definition) is 0. The normalized spacial score (nSPS) is 13.3. The highest BCUT2D eigenvalue weighted by molar-refractivity contribution is 6.93. The van der Waals surface area contributed by atoms with Gasteiger partial charge in [-0.05, 0) is 108 Å². The fourth-order valence-corrected chi connectivity index (χ4v) is 10.8. The third-order valence-electron chi connectivity index (χ3n) is 13.0. The van der Waals surface area contributed by atoms with Crippen molar-refractivity contribution in [1.82, 2.24) is 8.97 Å². The fourth-order valence-electron chi connectivity index (χ4n) is 10.8. The number of fused-ring (bicyclic) bond motifs is 13. The number of rotatable bonds is 2. The van der Waals surface area contributed by atoms with Gasteiger partial charge >= 0.3 is 6.85 Å². The molecule has 256 valence electrons. The maximum Gasteiger partial charge on any atom is 0.333 e. The van der Waals surface area contributed by atoms with E-state index in [1.54, 1.807) is 0 Å². The summed E-state index contributed by atoms with van der Waals surface area (Å²) in [5.41, 5.74) is 21.9. The summed E-state index contributed by atoms with van der Waals surface area (Å²) in [7, 11) is 0. The molecule has 4 heteroatoms. The second-order valence-corrected chi connectivity index (χ2v) is 15.8. The number of nitrogens with zero attached hydrogens (tertiary/aromatic N) is 3. The zero-order valence-corrected chi connectivity index (χ0v) is 30.9. The van der Waals surface area contributed by atoms with E-state index < -0.39 is 0 Å². The summed E-state index contributed by atoms with van der Waals surface area (Å²) in [6.07, 6.45) is 0. The van der Waals surface area contributed by atoms with Gasteiger partial charge in [-0.1, -0.05) is 109 Å². The molecule has 5 heterocycles. The second kappa shape index (κ2) is 10.2. The zero-order chi connectivity index (χ0) is 36.3. The summed E-state index contributed by atoms with van der Waals surface area (Å²) in [6, 6.07) is 57.4. The Bertz CT molecular complexity index is 3470. The molecule has 0 saturated heterocycles. The Morgan fingerprint density at radius 2 is 1.04 bits per heavy atom. The molecule has 0 aliphatic carbocycles. The van der Waals surface area contributed by atoms with Gasteiger partial charge in [-0.2, -0.15) is 0 Å². The standard InChI is InChI=1S/C51H34BN3/c1-29-13-4-7-22-42(29)55-46-28-38-37-19-11-18-35-33-16-5-8-23-43(33)53(50(35)37)45(38)27-39(46)40-25-32(48-30(2)14-10-15-31(48)3)26-47-49(40)52(55)41-21-12-20-36-34-17-6-9-24-44(34)54(47)51(36)41/h4-28H,1-3H3. The van der Waals surface area contributed by atoms with E-state index in [2.05, 4.69) is 186 Å². The SMILES string of the molecule is Cc1ccccc1N1B2c3c(cc(-c4c(C)cccc4C)cc3-n3c4ccccc4c4cccc2c43)-c2cc3c(cc21)c1cccc2c4ccccc4n3c21. The van der Waals surface area contributed by atoms with Crippen LogP contribution in [0.3, 0.4) is 0 Å². The summed E-state index contributed by atoms with van der Waals surface area (Å²) in [6.45, 7) is 6.76. The zero-order valence-electron chi connectivity index (χ0n) is 30.9. The highest BCUT2D eigenvalue weighted by Crippen LogP contribution is 2.50. The minimum absolute atomic E-state index is 0.0267. The van der Waals surface area contributed by atoms with E-state index in [0.717, 1.165) is 0 Å². The Hall–Kier alpha value is -6.78. The summed E-state index contributed by atoms with van der Waals surface area (Å²) in [4.78, 5) is 2.68. The van der Waals surface area contributed by atoms with Crippen LogP contribution in [0.5, 0.6) is 0 Å². The van der Waals surface area contributed by atoms with E-state index in [1.165, 1.54) is 127 Å². The first-order valence-electron chi connectivity index (χ1n) is 19.4. The Labute approximate surface area is 318 Å². The molecule has 2 aliphatic rings. The minimum atomic E-state index is -0.0267. The lowest BCUT2D eigenvalue weighted by Gasteiger charge is -2.43. The Balaban J connectivity index is 1.26. The van der Waals surface area contributed by atoms with Crippen LogP contribution in [0, 0.1) is 20.8 Å². The van der Waals surface area contributed by atoms with Crippen LogP contribution in [0.25, 0.3) is 87.8 Å². The predicted octanol–water partition coefficient (Wildman–Crippen LogP) is 11.8. The maximum atomic E-state index is 2.68. The number of aromatic nitrogens is 2.